The highest BCUT2D eigenvalue weighted by Gasteiger charge is 2.11. The summed E-state index contributed by atoms with van der Waals surface area (Å²) in [6.07, 6.45) is 9.57. The summed E-state index contributed by atoms with van der Waals surface area (Å²) in [6.45, 7) is 8.06. The molecule has 4 rings (SSSR count). The lowest BCUT2D eigenvalue weighted by Crippen LogP contribution is -2.14. The van der Waals surface area contributed by atoms with E-state index in [1.807, 2.05) is 86.6 Å². The van der Waals surface area contributed by atoms with Crippen molar-refractivity contribution >= 4 is 5.97 Å². The van der Waals surface area contributed by atoms with Crippen molar-refractivity contribution in [2.75, 3.05) is 19.8 Å². The predicted molar refractivity (Wildman–Crippen MR) is 195 cm³/mol. The predicted octanol–water partition coefficient (Wildman–Crippen LogP) is 11.0. The number of benzene rings is 4. The zero-order chi connectivity index (χ0) is 33.8. The summed E-state index contributed by atoms with van der Waals surface area (Å²) in [5.41, 5.74) is 4.12. The van der Waals surface area contributed by atoms with Gasteiger partial charge < -0.3 is 18.9 Å². The fourth-order valence-corrected chi connectivity index (χ4v) is 4.93. The van der Waals surface area contributed by atoms with Gasteiger partial charge >= 0.3 is 5.97 Å². The maximum Gasteiger partial charge on any atom is 0.308 e. The van der Waals surface area contributed by atoms with Crippen LogP contribution in [0.15, 0.2) is 97.1 Å². The number of rotatable bonds is 19. The molecule has 0 heterocycles. The zero-order valence-corrected chi connectivity index (χ0v) is 28.8. The van der Waals surface area contributed by atoms with Crippen LogP contribution in [-0.2, 0) is 9.53 Å². The highest BCUT2D eigenvalue weighted by atomic mass is 16.5. The molecule has 0 spiro atoms. The maximum atomic E-state index is 11.7. The second-order valence-corrected chi connectivity index (χ2v) is 12.1. The highest BCUT2D eigenvalue weighted by molar-refractivity contribution is 5.71. The third-order valence-corrected chi connectivity index (χ3v) is 8.17. The number of unbranched alkanes of at least 4 members (excludes halogenated alkanes) is 6. The van der Waals surface area contributed by atoms with Crippen LogP contribution in [0.2, 0.25) is 0 Å². The molecule has 48 heavy (non-hydrogen) atoms. The number of hydrogen-bond acceptors (Lipinski definition) is 5. The molecule has 0 saturated carbocycles. The monoisotopic (exact) mass is 646 g/mol. The largest absolute Gasteiger partial charge is 0.494 e. The standard InChI is InChI=1S/C43H50O5/c1-4-6-7-10-31-46-40-27-19-37(20-28-40)38-21-29-42(30-22-38)48-41-25-17-36(18-26-41)14-13-35-15-23-39(24-16-35)45-32-11-8-9-12-33-47-43(44)34(3)5-2/h15-30,34H,4-12,31-33H2,1-3H3. The Balaban J connectivity index is 1.15. The Hall–Kier alpha value is -4.69. The molecule has 5 heteroatoms. The fraction of sp³-hybridized carbons (Fsp3) is 0.372. The van der Waals surface area contributed by atoms with E-state index in [0.717, 1.165) is 90.4 Å². The molecule has 4 aromatic carbocycles. The van der Waals surface area contributed by atoms with Gasteiger partial charge in [-0.2, -0.15) is 0 Å². The number of hydrogen-bond donors (Lipinski definition) is 0. The summed E-state index contributed by atoms with van der Waals surface area (Å²) in [5.74, 6) is 9.65. The molecule has 0 saturated heterocycles. The van der Waals surface area contributed by atoms with Crippen LogP contribution in [0.4, 0.5) is 0 Å². The minimum Gasteiger partial charge on any atom is -0.494 e. The fourth-order valence-electron chi connectivity index (χ4n) is 4.93. The second kappa shape index (κ2) is 20.5. The van der Waals surface area contributed by atoms with Gasteiger partial charge in [0.2, 0.25) is 0 Å². The first-order valence-electron chi connectivity index (χ1n) is 17.6. The second-order valence-electron chi connectivity index (χ2n) is 12.1. The molecule has 0 aliphatic heterocycles. The van der Waals surface area contributed by atoms with Gasteiger partial charge in [-0.25, -0.2) is 0 Å². The van der Waals surface area contributed by atoms with Crippen LogP contribution >= 0.6 is 0 Å². The molecule has 0 aliphatic rings. The molecule has 5 nitrogen and oxygen atoms in total. The number of carbonyl (C=O) groups is 1. The first kappa shape index (κ1) is 36.2. The van der Waals surface area contributed by atoms with E-state index >= 15 is 0 Å². The minimum absolute atomic E-state index is 0.0144. The van der Waals surface area contributed by atoms with Gasteiger partial charge in [-0.05, 0) is 122 Å². The molecule has 0 aromatic heterocycles. The normalized spacial score (nSPS) is 11.2. The van der Waals surface area contributed by atoms with Crippen LogP contribution in [0.1, 0.15) is 89.7 Å². The van der Waals surface area contributed by atoms with Gasteiger partial charge in [0.05, 0.1) is 25.7 Å². The first-order chi connectivity index (χ1) is 23.5. The maximum absolute atomic E-state index is 11.7. The molecular weight excluding hydrogens is 596 g/mol. The van der Waals surface area contributed by atoms with Crippen molar-refractivity contribution in [2.45, 2.75) is 78.6 Å². The minimum atomic E-state index is -0.0906. The summed E-state index contributed by atoms with van der Waals surface area (Å²) < 4.78 is 23.1. The van der Waals surface area contributed by atoms with E-state index in [0.29, 0.717) is 13.2 Å². The molecule has 252 valence electrons. The zero-order valence-electron chi connectivity index (χ0n) is 28.8. The molecule has 0 amide bonds. The van der Waals surface area contributed by atoms with Gasteiger partial charge in [0.15, 0.2) is 0 Å². The molecule has 0 N–H and O–H groups in total. The van der Waals surface area contributed by atoms with Crippen LogP contribution < -0.4 is 14.2 Å². The molecular formula is C43H50O5. The van der Waals surface area contributed by atoms with Crippen molar-refractivity contribution in [3.8, 4) is 46.0 Å². The van der Waals surface area contributed by atoms with E-state index in [-0.39, 0.29) is 11.9 Å². The average Bonchev–Trinajstić information content (AvgIpc) is 3.13. The van der Waals surface area contributed by atoms with Crippen molar-refractivity contribution in [3.05, 3.63) is 108 Å². The highest BCUT2D eigenvalue weighted by Crippen LogP contribution is 2.27. The van der Waals surface area contributed by atoms with Crippen molar-refractivity contribution in [1.82, 2.24) is 0 Å². The number of esters is 1. The molecule has 1 atom stereocenters. The molecule has 0 fully saturated rings. The quantitative estimate of drug-likeness (QED) is 0.0576. The Labute approximate surface area is 287 Å². The lowest BCUT2D eigenvalue weighted by molar-refractivity contribution is -0.148. The van der Waals surface area contributed by atoms with Gasteiger partial charge in [-0.15, -0.1) is 0 Å². The summed E-state index contributed by atoms with van der Waals surface area (Å²) in [6, 6.07) is 32.1. The van der Waals surface area contributed by atoms with E-state index in [2.05, 4.69) is 43.0 Å². The average molecular weight is 647 g/mol. The Morgan fingerprint density at radius 1 is 0.542 bits per heavy atom. The lowest BCUT2D eigenvalue weighted by Gasteiger charge is -2.09. The summed E-state index contributed by atoms with van der Waals surface area (Å²) in [5, 5.41) is 0. The van der Waals surface area contributed by atoms with Crippen molar-refractivity contribution in [1.29, 1.82) is 0 Å². The van der Waals surface area contributed by atoms with Gasteiger partial charge in [-0.1, -0.05) is 76.1 Å². The van der Waals surface area contributed by atoms with Crippen molar-refractivity contribution in [3.63, 3.8) is 0 Å². The number of ether oxygens (including phenoxy) is 4. The van der Waals surface area contributed by atoms with Crippen molar-refractivity contribution in [2.24, 2.45) is 5.92 Å². The van der Waals surface area contributed by atoms with Gasteiger partial charge in [-0.3, -0.25) is 4.79 Å². The Morgan fingerprint density at radius 3 is 1.44 bits per heavy atom. The van der Waals surface area contributed by atoms with Crippen LogP contribution in [0, 0.1) is 17.8 Å². The van der Waals surface area contributed by atoms with Crippen LogP contribution in [0.3, 0.4) is 0 Å². The molecule has 0 bridgehead atoms. The first-order valence-corrected chi connectivity index (χ1v) is 17.6. The smallest absolute Gasteiger partial charge is 0.308 e. The summed E-state index contributed by atoms with van der Waals surface area (Å²) in [4.78, 5) is 11.7. The Kier molecular flexibility index (Phi) is 15.5. The molecule has 1 unspecified atom stereocenters. The van der Waals surface area contributed by atoms with Gasteiger partial charge in [0.1, 0.15) is 23.0 Å². The summed E-state index contributed by atoms with van der Waals surface area (Å²) >= 11 is 0. The third kappa shape index (κ3) is 12.8. The van der Waals surface area contributed by atoms with Crippen LogP contribution in [0.25, 0.3) is 11.1 Å². The molecule has 4 aromatic rings. The third-order valence-electron chi connectivity index (χ3n) is 8.17. The van der Waals surface area contributed by atoms with E-state index in [1.54, 1.807) is 0 Å². The van der Waals surface area contributed by atoms with Gasteiger partial charge in [0, 0.05) is 11.1 Å². The summed E-state index contributed by atoms with van der Waals surface area (Å²) in [7, 11) is 0. The van der Waals surface area contributed by atoms with E-state index in [9.17, 15) is 4.79 Å². The van der Waals surface area contributed by atoms with Crippen molar-refractivity contribution < 1.29 is 23.7 Å². The topological polar surface area (TPSA) is 54.0 Å². The van der Waals surface area contributed by atoms with E-state index in [1.165, 1.54) is 19.3 Å². The Bertz CT molecular complexity index is 1550. The van der Waals surface area contributed by atoms with E-state index < -0.39 is 0 Å². The van der Waals surface area contributed by atoms with Gasteiger partial charge in [0.25, 0.3) is 0 Å². The van der Waals surface area contributed by atoms with Crippen LogP contribution in [0.5, 0.6) is 23.0 Å². The van der Waals surface area contributed by atoms with E-state index in [4.69, 9.17) is 18.9 Å². The Morgan fingerprint density at radius 2 is 0.958 bits per heavy atom. The lowest BCUT2D eigenvalue weighted by atomic mass is 10.1. The van der Waals surface area contributed by atoms with Crippen LogP contribution in [-0.4, -0.2) is 25.8 Å². The SMILES string of the molecule is CCCCCCOc1ccc(-c2ccc(Oc3ccc(C#Cc4ccc(OCCCCCCOC(=O)C(C)CC)cc4)cc3)cc2)cc1. The molecule has 0 radical (unpaired) electrons. The number of carbonyl (C=O) groups excluding carboxylic acids is 1. The molecule has 0 aliphatic carbocycles.